The van der Waals surface area contributed by atoms with Gasteiger partial charge in [0.2, 0.25) is 5.91 Å². The number of carbonyl (C=O) groups excluding carboxylic acids is 1. The first-order chi connectivity index (χ1) is 18.4. The number of amides is 1. The molecule has 19 nitrogen and oxygen atoms in total. The van der Waals surface area contributed by atoms with Crippen molar-refractivity contribution in [1.29, 1.82) is 0 Å². The molecule has 0 aromatic heterocycles. The average molecular weight is 568 g/mol. The molecule has 19 heteroatoms. The van der Waals surface area contributed by atoms with Crippen molar-refractivity contribution in [2.75, 3.05) is 19.7 Å². The van der Waals surface area contributed by atoms with Gasteiger partial charge in [-0.3, -0.25) is 4.79 Å². The van der Waals surface area contributed by atoms with E-state index in [2.05, 4.69) is 15.3 Å². The number of ether oxygens (including phenoxy) is 4. The van der Waals surface area contributed by atoms with Crippen molar-refractivity contribution in [3.8, 4) is 0 Å². The normalized spacial score (nSPS) is 46.8. The van der Waals surface area contributed by atoms with Gasteiger partial charge in [0.15, 0.2) is 12.6 Å². The van der Waals surface area contributed by atoms with E-state index in [1.165, 1.54) is 0 Å². The fraction of sp³-hybridized carbons (Fsp3) is 0.950. The molecular formula is C20H37N7O12. The number of hydrogen-bond donors (Lipinski definition) is 11. The minimum absolute atomic E-state index is 0.121. The monoisotopic (exact) mass is 567 g/mol. The topological polar surface area (TPSA) is 334 Å². The number of azide groups is 1. The highest BCUT2D eigenvalue weighted by atomic mass is 16.7. The number of aliphatic hydroxyl groups is 7. The quantitative estimate of drug-likeness (QED) is 0.0700. The summed E-state index contributed by atoms with van der Waals surface area (Å²) in [6.07, 6.45) is -18.2. The van der Waals surface area contributed by atoms with Crippen LogP contribution in [0.1, 0.15) is 6.42 Å². The molecule has 2 heterocycles. The van der Waals surface area contributed by atoms with E-state index in [1.54, 1.807) is 0 Å². The van der Waals surface area contributed by atoms with Gasteiger partial charge in [-0.2, -0.15) is 0 Å². The molecule has 0 bridgehead atoms. The van der Waals surface area contributed by atoms with Crippen LogP contribution >= 0.6 is 0 Å². The Labute approximate surface area is 222 Å². The van der Waals surface area contributed by atoms with Gasteiger partial charge >= 0.3 is 0 Å². The lowest BCUT2D eigenvalue weighted by Gasteiger charge is -2.48. The second-order valence-corrected chi connectivity index (χ2v) is 9.69. The molecule has 1 amide bonds. The number of hydrogen-bond acceptors (Lipinski definition) is 16. The molecular weight excluding hydrogens is 530 g/mol. The largest absolute Gasteiger partial charge is 0.394 e. The van der Waals surface area contributed by atoms with E-state index in [9.17, 15) is 40.5 Å². The number of carbonyl (C=O) groups is 1. The summed E-state index contributed by atoms with van der Waals surface area (Å²) in [4.78, 5) is 14.8. The molecule has 3 aliphatic rings. The van der Waals surface area contributed by atoms with Crippen LogP contribution in [-0.2, 0) is 23.7 Å². The zero-order chi connectivity index (χ0) is 29.0. The van der Waals surface area contributed by atoms with Crippen molar-refractivity contribution in [2.45, 2.75) is 98.2 Å². The molecule has 39 heavy (non-hydrogen) atoms. The van der Waals surface area contributed by atoms with Crippen molar-refractivity contribution < 1.29 is 59.5 Å². The molecule has 1 saturated carbocycles. The number of aliphatic hydroxyl groups excluding tert-OH is 7. The summed E-state index contributed by atoms with van der Waals surface area (Å²) >= 11 is 0. The number of nitrogens with two attached hydrogens (primary N) is 3. The first-order valence-corrected chi connectivity index (χ1v) is 12.3. The minimum Gasteiger partial charge on any atom is -0.394 e. The minimum atomic E-state index is -1.75. The number of nitrogens with zero attached hydrogens (tertiary/aromatic N) is 3. The Bertz CT molecular complexity index is 867. The molecule has 1 aliphatic carbocycles. The highest BCUT2D eigenvalue weighted by molar-refractivity contribution is 5.78. The third-order valence-electron chi connectivity index (χ3n) is 7.06. The Morgan fingerprint density at radius 3 is 2.15 bits per heavy atom. The fourth-order valence-corrected chi connectivity index (χ4v) is 4.85. The summed E-state index contributed by atoms with van der Waals surface area (Å²) in [5.41, 5.74) is 26.1. The molecule has 0 radical (unpaired) electrons. The highest BCUT2D eigenvalue weighted by Gasteiger charge is 2.52. The summed E-state index contributed by atoms with van der Waals surface area (Å²) in [6, 6.07) is -3.41. The lowest BCUT2D eigenvalue weighted by atomic mass is 9.83. The Hall–Kier alpha value is -1.78. The van der Waals surface area contributed by atoms with Gasteiger partial charge in [0.05, 0.1) is 18.7 Å². The van der Waals surface area contributed by atoms with Crippen molar-refractivity contribution in [3.05, 3.63) is 10.4 Å². The van der Waals surface area contributed by atoms with E-state index in [0.29, 0.717) is 0 Å². The van der Waals surface area contributed by atoms with Crippen LogP contribution in [0.4, 0.5) is 0 Å². The number of rotatable bonds is 9. The third kappa shape index (κ3) is 6.93. The Morgan fingerprint density at radius 2 is 1.54 bits per heavy atom. The Kier molecular flexibility index (Phi) is 11.2. The van der Waals surface area contributed by atoms with Crippen LogP contribution in [0.15, 0.2) is 5.11 Å². The Balaban J connectivity index is 1.84. The molecule has 3 rings (SSSR count). The van der Waals surface area contributed by atoms with Gasteiger partial charge < -0.3 is 77.2 Å². The van der Waals surface area contributed by atoms with Crippen LogP contribution in [-0.4, -0.2) is 153 Å². The first-order valence-electron chi connectivity index (χ1n) is 12.3. The predicted molar refractivity (Wildman–Crippen MR) is 126 cm³/mol. The zero-order valence-corrected chi connectivity index (χ0v) is 20.7. The summed E-state index contributed by atoms with van der Waals surface area (Å²) in [5.74, 6) is -0.746. The fourth-order valence-electron chi connectivity index (χ4n) is 4.85. The van der Waals surface area contributed by atoms with Crippen LogP contribution in [0.2, 0.25) is 0 Å². The molecule has 15 atom stereocenters. The van der Waals surface area contributed by atoms with Gasteiger partial charge in [0, 0.05) is 17.5 Å². The summed E-state index contributed by atoms with van der Waals surface area (Å²) < 4.78 is 22.4. The third-order valence-corrected chi connectivity index (χ3v) is 7.06. The van der Waals surface area contributed by atoms with E-state index < -0.39 is 111 Å². The summed E-state index contributed by atoms with van der Waals surface area (Å²) in [7, 11) is 0. The molecule has 3 fully saturated rings. The predicted octanol–water partition coefficient (Wildman–Crippen LogP) is -6.82. The SMILES string of the molecule is [N-]=[N+]=NCC(=O)N[C@@H]1CC(N)[C@H](O[C@@H]2OC(CN)[C@H](O)C(O)[C@H]2O)C(O)[C@H]1O[C@H]1OC(CO)[C@@H](O)[C@H](N)C1O. The zero-order valence-electron chi connectivity index (χ0n) is 20.7. The maximum Gasteiger partial charge on any atom is 0.226 e. The second kappa shape index (κ2) is 13.7. The molecule has 2 saturated heterocycles. The van der Waals surface area contributed by atoms with Crippen molar-refractivity contribution in [2.24, 2.45) is 22.3 Å². The average Bonchev–Trinajstić information content (AvgIpc) is 2.91. The van der Waals surface area contributed by atoms with E-state index in [-0.39, 0.29) is 13.0 Å². The van der Waals surface area contributed by atoms with Gasteiger partial charge in [-0.1, -0.05) is 5.11 Å². The molecule has 0 spiro atoms. The van der Waals surface area contributed by atoms with Crippen LogP contribution in [0.25, 0.3) is 10.4 Å². The van der Waals surface area contributed by atoms with E-state index >= 15 is 0 Å². The van der Waals surface area contributed by atoms with Crippen molar-refractivity contribution in [3.63, 3.8) is 0 Å². The van der Waals surface area contributed by atoms with Crippen LogP contribution in [0.3, 0.4) is 0 Å². The second-order valence-electron chi connectivity index (χ2n) is 9.69. The standard InChI is InChI=1S/C20H37N7O12/c21-2-7-12(31)14(33)15(34)20(36-7)38-17-5(22)1-6(26-9(29)3-25-27-24)18(16(17)35)39-19-13(32)10(23)11(30)8(4-28)37-19/h5-8,10-20,28,30-35H,1-4,21-23H2,(H,26,29)/t5?,6-,7?,8?,10+,11-,12+,13?,14?,15-,16?,17+,18+,19-,20+/m1/s1. The lowest BCUT2D eigenvalue weighted by molar-refractivity contribution is -0.332. The maximum atomic E-state index is 12.3. The molecule has 6 unspecified atom stereocenters. The Morgan fingerprint density at radius 1 is 0.923 bits per heavy atom. The number of nitrogens with one attached hydrogen (secondary N) is 1. The van der Waals surface area contributed by atoms with Gasteiger partial charge in [-0.15, -0.1) is 0 Å². The van der Waals surface area contributed by atoms with Gasteiger partial charge in [-0.05, 0) is 12.0 Å². The maximum absolute atomic E-state index is 12.3. The van der Waals surface area contributed by atoms with Crippen LogP contribution in [0, 0.1) is 0 Å². The van der Waals surface area contributed by atoms with Gasteiger partial charge in [-0.25, -0.2) is 0 Å². The first kappa shape index (κ1) is 31.7. The molecule has 0 aromatic carbocycles. The molecule has 2 aliphatic heterocycles. The van der Waals surface area contributed by atoms with E-state index in [1.807, 2.05) is 0 Å². The summed E-state index contributed by atoms with van der Waals surface area (Å²) in [5, 5.41) is 77.7. The molecule has 14 N–H and O–H groups in total. The van der Waals surface area contributed by atoms with Crippen molar-refractivity contribution >= 4 is 5.91 Å². The van der Waals surface area contributed by atoms with Crippen LogP contribution < -0.4 is 22.5 Å². The van der Waals surface area contributed by atoms with Crippen molar-refractivity contribution in [1.82, 2.24) is 5.32 Å². The molecule has 0 aromatic rings. The smallest absolute Gasteiger partial charge is 0.226 e. The molecule has 224 valence electrons. The van der Waals surface area contributed by atoms with Crippen LogP contribution in [0.5, 0.6) is 0 Å². The van der Waals surface area contributed by atoms with Gasteiger partial charge in [0.1, 0.15) is 67.6 Å². The summed E-state index contributed by atoms with van der Waals surface area (Å²) in [6.45, 7) is -1.49. The van der Waals surface area contributed by atoms with Gasteiger partial charge in [0.25, 0.3) is 0 Å². The highest BCUT2D eigenvalue weighted by Crippen LogP contribution is 2.32. The van der Waals surface area contributed by atoms with E-state index in [4.69, 9.17) is 41.7 Å². The van der Waals surface area contributed by atoms with E-state index in [0.717, 1.165) is 0 Å². The lowest BCUT2D eigenvalue weighted by Crippen LogP contribution is -2.69.